The molecule has 0 amide bonds. The summed E-state index contributed by atoms with van der Waals surface area (Å²) in [6.07, 6.45) is 0. The van der Waals surface area contributed by atoms with Crippen LogP contribution in [0.2, 0.25) is 0 Å². The summed E-state index contributed by atoms with van der Waals surface area (Å²) in [5.74, 6) is 2.56. The van der Waals surface area contributed by atoms with E-state index in [2.05, 4.69) is 126 Å². The van der Waals surface area contributed by atoms with E-state index in [1.54, 1.807) is 11.3 Å². The van der Waals surface area contributed by atoms with Gasteiger partial charge in [-0.25, -0.2) is 24.9 Å². The van der Waals surface area contributed by atoms with Crippen LogP contribution in [0.15, 0.2) is 182 Å². The molecule has 0 unspecified atom stereocenters. The smallest absolute Gasteiger partial charge is 0.164 e. The molecule has 0 N–H and O–H groups in total. The molecule has 7 aromatic carbocycles. The van der Waals surface area contributed by atoms with Crippen molar-refractivity contribution in [3.05, 3.63) is 182 Å². The highest BCUT2D eigenvalue weighted by Crippen LogP contribution is 2.42. The second-order valence-electron chi connectivity index (χ2n) is 13.7. The Kier molecular flexibility index (Phi) is 7.57. The minimum absolute atomic E-state index is 0.611. The number of thiophene rings is 1. The van der Waals surface area contributed by atoms with E-state index in [0.29, 0.717) is 23.3 Å². The average molecular weight is 735 g/mol. The third kappa shape index (κ3) is 5.36. The second-order valence-corrected chi connectivity index (χ2v) is 14.7. The third-order valence-electron chi connectivity index (χ3n) is 10.3. The van der Waals surface area contributed by atoms with Crippen LogP contribution in [0.25, 0.3) is 105 Å². The van der Waals surface area contributed by atoms with Crippen LogP contribution in [0, 0.1) is 0 Å². The van der Waals surface area contributed by atoms with Crippen LogP contribution in [0.3, 0.4) is 0 Å². The Morgan fingerprint density at radius 2 is 0.911 bits per heavy atom. The summed E-state index contributed by atoms with van der Waals surface area (Å²) in [5.41, 5.74) is 9.89. The monoisotopic (exact) mass is 734 g/mol. The molecule has 0 fully saturated rings. The summed E-state index contributed by atoms with van der Waals surface area (Å²) in [4.78, 5) is 25.6. The summed E-state index contributed by atoms with van der Waals surface area (Å²) in [5, 5.41) is 3.47. The van der Waals surface area contributed by atoms with Crippen LogP contribution in [0.1, 0.15) is 0 Å². The summed E-state index contributed by atoms with van der Waals surface area (Å²) in [6, 6.07) is 62.6. The van der Waals surface area contributed by atoms with Crippen LogP contribution in [0.4, 0.5) is 0 Å². The zero-order valence-corrected chi connectivity index (χ0v) is 30.7. The molecule has 0 aliphatic carbocycles. The zero-order chi connectivity index (χ0) is 37.0. The number of nitrogens with zero attached hydrogens (tertiary/aromatic N) is 6. The van der Waals surface area contributed by atoms with Gasteiger partial charge in [-0.2, -0.15) is 0 Å². The summed E-state index contributed by atoms with van der Waals surface area (Å²) in [7, 11) is 0. The van der Waals surface area contributed by atoms with Gasteiger partial charge >= 0.3 is 0 Å². The summed E-state index contributed by atoms with van der Waals surface area (Å²) < 4.78 is 4.57. The van der Waals surface area contributed by atoms with Crippen LogP contribution >= 0.6 is 11.3 Å². The molecule has 4 aromatic heterocycles. The number of hydrogen-bond donors (Lipinski definition) is 0. The van der Waals surface area contributed by atoms with Gasteiger partial charge in [-0.1, -0.05) is 152 Å². The van der Waals surface area contributed by atoms with Crippen LogP contribution in [-0.2, 0) is 0 Å². The van der Waals surface area contributed by atoms with Crippen molar-refractivity contribution in [1.29, 1.82) is 0 Å². The van der Waals surface area contributed by atoms with Gasteiger partial charge in [0.2, 0.25) is 0 Å². The minimum Gasteiger partial charge on any atom is -0.309 e. The fourth-order valence-electron chi connectivity index (χ4n) is 7.67. The maximum Gasteiger partial charge on any atom is 0.164 e. The van der Waals surface area contributed by atoms with Gasteiger partial charge in [0, 0.05) is 54.4 Å². The first-order chi connectivity index (χ1) is 27.8. The molecule has 11 aromatic rings. The Hall–Kier alpha value is -7.35. The Morgan fingerprint density at radius 1 is 0.375 bits per heavy atom. The highest BCUT2D eigenvalue weighted by atomic mass is 32.1. The molecule has 0 atom stereocenters. The van der Waals surface area contributed by atoms with E-state index < -0.39 is 0 Å². The number of para-hydroxylation sites is 3. The fourth-order valence-corrected chi connectivity index (χ4v) is 8.82. The van der Waals surface area contributed by atoms with Gasteiger partial charge in [-0.05, 0) is 30.3 Å². The molecule has 0 radical (unpaired) electrons. The Balaban J connectivity index is 1.11. The Labute approximate surface area is 326 Å². The predicted octanol–water partition coefficient (Wildman–Crippen LogP) is 12.5. The molecule has 0 aliphatic rings. The number of benzene rings is 7. The lowest BCUT2D eigenvalue weighted by Gasteiger charge is -2.12. The highest BCUT2D eigenvalue weighted by molar-refractivity contribution is 7.26. The molecular formula is C49H30N6S. The van der Waals surface area contributed by atoms with Gasteiger partial charge in [0.1, 0.15) is 0 Å². The van der Waals surface area contributed by atoms with E-state index in [0.717, 1.165) is 71.2 Å². The fraction of sp³-hybridized carbons (Fsp3) is 0. The average Bonchev–Trinajstić information content (AvgIpc) is 3.83. The van der Waals surface area contributed by atoms with Gasteiger partial charge in [-0.15, -0.1) is 11.3 Å². The van der Waals surface area contributed by atoms with E-state index in [1.807, 2.05) is 60.7 Å². The van der Waals surface area contributed by atoms with E-state index in [-0.39, 0.29) is 0 Å². The molecule has 11 rings (SSSR count). The van der Waals surface area contributed by atoms with E-state index in [1.165, 1.54) is 10.1 Å². The van der Waals surface area contributed by atoms with Crippen LogP contribution in [0.5, 0.6) is 0 Å². The van der Waals surface area contributed by atoms with Gasteiger partial charge in [-0.3, -0.25) is 0 Å². The standard InChI is InChI=1S/C49H30N6S/c1-4-15-32(16-5-1)46-52-47(33-17-6-2-7-18-33)54-48(53-46)34-29-27-31(28-30-34)42-45-43(38-22-11-13-26-41(38)56-45)51-49(50-42)39-24-14-23-37-36-21-10-12-25-40(36)55(44(37)39)35-19-8-3-9-20-35/h1-30H. The van der Waals surface area contributed by atoms with E-state index in [9.17, 15) is 0 Å². The van der Waals surface area contributed by atoms with Gasteiger partial charge < -0.3 is 4.57 Å². The minimum atomic E-state index is 0.611. The van der Waals surface area contributed by atoms with Crippen molar-refractivity contribution in [1.82, 2.24) is 29.5 Å². The zero-order valence-electron chi connectivity index (χ0n) is 29.9. The lowest BCUT2D eigenvalue weighted by molar-refractivity contribution is 1.07. The van der Waals surface area contributed by atoms with E-state index >= 15 is 0 Å². The van der Waals surface area contributed by atoms with Crippen molar-refractivity contribution in [3.8, 4) is 62.5 Å². The number of hydrogen-bond acceptors (Lipinski definition) is 6. The lowest BCUT2D eigenvalue weighted by Crippen LogP contribution is -2.00. The third-order valence-corrected chi connectivity index (χ3v) is 11.5. The molecule has 0 bridgehead atoms. The Morgan fingerprint density at radius 3 is 1.59 bits per heavy atom. The summed E-state index contributed by atoms with van der Waals surface area (Å²) >= 11 is 1.73. The van der Waals surface area contributed by atoms with Gasteiger partial charge in [0.15, 0.2) is 23.3 Å². The SMILES string of the molecule is c1ccc(-c2nc(-c3ccccc3)nc(-c3ccc(-c4nc(-c5cccc6c7ccccc7n(-c7ccccc7)c56)nc5c4sc4ccccc45)cc3)n2)cc1. The van der Waals surface area contributed by atoms with Crippen molar-refractivity contribution in [2.75, 3.05) is 0 Å². The normalized spacial score (nSPS) is 11.6. The highest BCUT2D eigenvalue weighted by Gasteiger charge is 2.22. The largest absolute Gasteiger partial charge is 0.309 e. The molecule has 0 saturated carbocycles. The van der Waals surface area contributed by atoms with Gasteiger partial charge in [0.25, 0.3) is 0 Å². The van der Waals surface area contributed by atoms with Crippen molar-refractivity contribution in [3.63, 3.8) is 0 Å². The number of aromatic nitrogens is 6. The second kappa shape index (κ2) is 13.2. The topological polar surface area (TPSA) is 69.4 Å². The Bertz CT molecular complexity index is 3170. The maximum absolute atomic E-state index is 5.45. The molecule has 0 spiro atoms. The lowest BCUT2D eigenvalue weighted by atomic mass is 10.1. The van der Waals surface area contributed by atoms with Crippen LogP contribution < -0.4 is 0 Å². The summed E-state index contributed by atoms with van der Waals surface area (Å²) in [6.45, 7) is 0. The molecule has 262 valence electrons. The maximum atomic E-state index is 5.45. The molecule has 0 saturated heterocycles. The predicted molar refractivity (Wildman–Crippen MR) is 230 cm³/mol. The molecule has 56 heavy (non-hydrogen) atoms. The van der Waals surface area contributed by atoms with Crippen LogP contribution in [-0.4, -0.2) is 29.5 Å². The molecular weight excluding hydrogens is 705 g/mol. The molecule has 7 heteroatoms. The van der Waals surface area contributed by atoms with E-state index in [4.69, 9.17) is 24.9 Å². The van der Waals surface area contributed by atoms with Crippen molar-refractivity contribution >= 4 is 53.4 Å². The number of rotatable bonds is 6. The van der Waals surface area contributed by atoms with Crippen molar-refractivity contribution in [2.45, 2.75) is 0 Å². The van der Waals surface area contributed by atoms with Gasteiger partial charge in [0.05, 0.1) is 26.9 Å². The molecule has 6 nitrogen and oxygen atoms in total. The molecule has 4 heterocycles. The first-order valence-electron chi connectivity index (χ1n) is 18.5. The first-order valence-corrected chi connectivity index (χ1v) is 19.3. The van der Waals surface area contributed by atoms with Crippen molar-refractivity contribution in [2.24, 2.45) is 0 Å². The number of fused-ring (bicyclic) bond motifs is 6. The van der Waals surface area contributed by atoms with Crippen molar-refractivity contribution < 1.29 is 0 Å². The quantitative estimate of drug-likeness (QED) is 0.170. The first kappa shape index (κ1) is 32.1. The molecule has 0 aliphatic heterocycles.